The Bertz CT molecular complexity index is 930. The first-order chi connectivity index (χ1) is 12.1. The molecule has 128 valence electrons. The minimum absolute atomic E-state index is 0.324. The summed E-state index contributed by atoms with van der Waals surface area (Å²) in [6.07, 6.45) is 0. The average molecular weight is 338 g/mol. The van der Waals surface area contributed by atoms with Gasteiger partial charge in [-0.2, -0.15) is 0 Å². The molecule has 0 amide bonds. The molecule has 1 heterocycles. The number of nitrogens with one attached hydrogen (secondary N) is 1. The van der Waals surface area contributed by atoms with E-state index in [1.807, 2.05) is 6.07 Å². The molecule has 1 N–H and O–H groups in total. The van der Waals surface area contributed by atoms with Gasteiger partial charge in [-0.15, -0.1) is 0 Å². The Kier molecular flexibility index (Phi) is 4.79. The van der Waals surface area contributed by atoms with Gasteiger partial charge in [-0.1, -0.05) is 12.1 Å². The minimum Gasteiger partial charge on any atom is -0.462 e. The molecule has 3 aromatic rings. The van der Waals surface area contributed by atoms with Crippen molar-refractivity contribution in [1.29, 1.82) is 0 Å². The van der Waals surface area contributed by atoms with E-state index < -0.39 is 0 Å². The van der Waals surface area contributed by atoms with E-state index in [0.717, 1.165) is 16.6 Å². The fraction of sp³-hybridized carbons (Fsp3) is 0.211. The first kappa shape index (κ1) is 16.7. The van der Waals surface area contributed by atoms with Gasteiger partial charge in [0.15, 0.2) is 0 Å². The quantitative estimate of drug-likeness (QED) is 0.719. The summed E-state index contributed by atoms with van der Waals surface area (Å²) < 4.78 is 10.0. The van der Waals surface area contributed by atoms with Gasteiger partial charge in [0.05, 0.1) is 35.4 Å². The zero-order chi connectivity index (χ0) is 17.8. The number of carbonyl (C=O) groups is 2. The van der Waals surface area contributed by atoms with Gasteiger partial charge in [0.2, 0.25) is 0 Å². The first-order valence-corrected chi connectivity index (χ1v) is 8.06. The topological polar surface area (TPSA) is 81.3 Å². The Morgan fingerprint density at radius 1 is 0.960 bits per heavy atom. The number of carbonyl (C=O) groups excluding carboxylic acids is 2. The molecule has 0 saturated carbocycles. The van der Waals surface area contributed by atoms with Crippen LogP contribution in [0.25, 0.3) is 22.4 Å². The van der Waals surface area contributed by atoms with Crippen molar-refractivity contribution in [1.82, 2.24) is 9.97 Å². The number of H-pyrrole nitrogens is 1. The second-order valence-corrected chi connectivity index (χ2v) is 5.34. The molecule has 0 aliphatic rings. The van der Waals surface area contributed by atoms with Crippen molar-refractivity contribution in [3.63, 3.8) is 0 Å². The Balaban J connectivity index is 1.95. The van der Waals surface area contributed by atoms with Crippen molar-refractivity contribution >= 4 is 23.0 Å². The zero-order valence-corrected chi connectivity index (χ0v) is 14.0. The largest absolute Gasteiger partial charge is 0.462 e. The molecule has 6 heteroatoms. The molecule has 0 aliphatic heterocycles. The normalized spacial score (nSPS) is 10.6. The molecule has 1 aromatic heterocycles. The summed E-state index contributed by atoms with van der Waals surface area (Å²) in [4.78, 5) is 31.4. The van der Waals surface area contributed by atoms with Gasteiger partial charge in [0.25, 0.3) is 0 Å². The van der Waals surface area contributed by atoms with Crippen LogP contribution >= 0.6 is 0 Å². The van der Waals surface area contributed by atoms with Gasteiger partial charge in [-0.25, -0.2) is 14.6 Å². The lowest BCUT2D eigenvalue weighted by atomic mass is 10.1. The molecule has 0 bridgehead atoms. The van der Waals surface area contributed by atoms with Gasteiger partial charge in [0.1, 0.15) is 5.82 Å². The predicted octanol–water partition coefficient (Wildman–Crippen LogP) is 3.58. The Morgan fingerprint density at radius 2 is 1.64 bits per heavy atom. The summed E-state index contributed by atoms with van der Waals surface area (Å²) in [6.45, 7) is 4.18. The highest BCUT2D eigenvalue weighted by Gasteiger charge is 2.12. The molecule has 0 radical (unpaired) electrons. The van der Waals surface area contributed by atoms with Crippen molar-refractivity contribution in [3.05, 3.63) is 53.6 Å². The molecular formula is C19H18N2O4. The van der Waals surface area contributed by atoms with Crippen molar-refractivity contribution in [3.8, 4) is 11.4 Å². The number of aromatic nitrogens is 2. The number of hydrogen-bond donors (Lipinski definition) is 1. The molecule has 0 unspecified atom stereocenters. The van der Waals surface area contributed by atoms with Crippen molar-refractivity contribution in [2.24, 2.45) is 0 Å². The van der Waals surface area contributed by atoms with Gasteiger partial charge in [0, 0.05) is 5.56 Å². The van der Waals surface area contributed by atoms with E-state index in [9.17, 15) is 9.59 Å². The molecule has 3 rings (SSSR count). The molecule has 25 heavy (non-hydrogen) atoms. The number of fused-ring (bicyclic) bond motifs is 1. The lowest BCUT2D eigenvalue weighted by molar-refractivity contribution is 0.0517. The van der Waals surface area contributed by atoms with Crippen LogP contribution < -0.4 is 0 Å². The third kappa shape index (κ3) is 3.52. The maximum Gasteiger partial charge on any atom is 0.338 e. The van der Waals surface area contributed by atoms with Crippen molar-refractivity contribution < 1.29 is 19.1 Å². The predicted molar refractivity (Wildman–Crippen MR) is 93.4 cm³/mol. The SMILES string of the molecule is CCOC(=O)c1cccc(-c2nc3ccc(C(=O)OCC)cc3[nH]2)c1. The van der Waals surface area contributed by atoms with Gasteiger partial charge in [-0.05, 0) is 44.2 Å². The molecule has 0 spiro atoms. The average Bonchev–Trinajstić information content (AvgIpc) is 3.05. The second kappa shape index (κ2) is 7.17. The fourth-order valence-electron chi connectivity index (χ4n) is 2.50. The number of aromatic amines is 1. The van der Waals surface area contributed by atoms with Gasteiger partial charge < -0.3 is 14.5 Å². The summed E-state index contributed by atoms with van der Waals surface area (Å²) in [5.41, 5.74) is 3.14. The highest BCUT2D eigenvalue weighted by molar-refractivity contribution is 5.94. The van der Waals surface area contributed by atoms with Crippen LogP contribution in [-0.2, 0) is 9.47 Å². The highest BCUT2D eigenvalue weighted by atomic mass is 16.5. The monoisotopic (exact) mass is 338 g/mol. The van der Waals surface area contributed by atoms with Crippen LogP contribution in [0.5, 0.6) is 0 Å². The molecule has 0 saturated heterocycles. The van der Waals surface area contributed by atoms with E-state index in [0.29, 0.717) is 30.2 Å². The third-order valence-corrected chi connectivity index (χ3v) is 3.64. The number of imidazole rings is 1. The van der Waals surface area contributed by atoms with Crippen molar-refractivity contribution in [2.45, 2.75) is 13.8 Å². The third-order valence-electron chi connectivity index (χ3n) is 3.64. The smallest absolute Gasteiger partial charge is 0.338 e. The molecule has 0 fully saturated rings. The van der Waals surface area contributed by atoms with E-state index >= 15 is 0 Å². The number of hydrogen-bond acceptors (Lipinski definition) is 5. The van der Waals surface area contributed by atoms with E-state index in [1.165, 1.54) is 0 Å². The Hall–Kier alpha value is -3.15. The lowest BCUT2D eigenvalue weighted by Gasteiger charge is -2.03. The van der Waals surface area contributed by atoms with Crippen LogP contribution in [0.1, 0.15) is 34.6 Å². The Morgan fingerprint density at radius 3 is 2.32 bits per heavy atom. The number of esters is 2. The van der Waals surface area contributed by atoms with E-state index in [2.05, 4.69) is 9.97 Å². The summed E-state index contributed by atoms with van der Waals surface area (Å²) >= 11 is 0. The summed E-state index contributed by atoms with van der Waals surface area (Å²) in [5, 5.41) is 0. The molecule has 6 nitrogen and oxygen atoms in total. The lowest BCUT2D eigenvalue weighted by Crippen LogP contribution is -2.04. The number of benzene rings is 2. The summed E-state index contributed by atoms with van der Waals surface area (Å²) in [5.74, 6) is -0.128. The van der Waals surface area contributed by atoms with E-state index in [4.69, 9.17) is 9.47 Å². The van der Waals surface area contributed by atoms with Crippen molar-refractivity contribution in [2.75, 3.05) is 13.2 Å². The van der Waals surface area contributed by atoms with E-state index in [1.54, 1.807) is 50.2 Å². The van der Waals surface area contributed by atoms with Crippen LogP contribution in [0.2, 0.25) is 0 Å². The van der Waals surface area contributed by atoms with Crippen LogP contribution in [0.15, 0.2) is 42.5 Å². The van der Waals surface area contributed by atoms with E-state index in [-0.39, 0.29) is 11.9 Å². The number of ether oxygens (including phenoxy) is 2. The first-order valence-electron chi connectivity index (χ1n) is 8.06. The summed E-state index contributed by atoms with van der Waals surface area (Å²) in [6, 6.07) is 12.2. The fourth-order valence-corrected chi connectivity index (χ4v) is 2.50. The Labute approximate surface area is 144 Å². The maximum absolute atomic E-state index is 11.9. The maximum atomic E-state index is 11.9. The van der Waals surface area contributed by atoms with Crippen LogP contribution in [-0.4, -0.2) is 35.1 Å². The molecular weight excluding hydrogens is 320 g/mol. The van der Waals surface area contributed by atoms with Gasteiger partial charge >= 0.3 is 11.9 Å². The molecule has 0 atom stereocenters. The van der Waals surface area contributed by atoms with Crippen LogP contribution in [0.3, 0.4) is 0 Å². The second-order valence-electron chi connectivity index (χ2n) is 5.34. The number of rotatable bonds is 5. The standard InChI is InChI=1S/C19H18N2O4/c1-3-24-18(22)13-7-5-6-12(10-13)17-20-15-9-8-14(11-16(15)21-17)19(23)25-4-2/h5-11H,3-4H2,1-2H3,(H,20,21). The highest BCUT2D eigenvalue weighted by Crippen LogP contribution is 2.22. The summed E-state index contributed by atoms with van der Waals surface area (Å²) in [7, 11) is 0. The molecule has 2 aromatic carbocycles. The van der Waals surface area contributed by atoms with Crippen LogP contribution in [0.4, 0.5) is 0 Å². The number of nitrogens with zero attached hydrogens (tertiary/aromatic N) is 1. The minimum atomic E-state index is -0.371. The van der Waals surface area contributed by atoms with Crippen LogP contribution in [0, 0.1) is 0 Å². The molecule has 0 aliphatic carbocycles. The van der Waals surface area contributed by atoms with Gasteiger partial charge in [-0.3, -0.25) is 0 Å². The zero-order valence-electron chi connectivity index (χ0n) is 14.0.